The van der Waals surface area contributed by atoms with E-state index in [1.165, 1.54) is 24.8 Å². The highest BCUT2D eigenvalue weighted by Gasteiger charge is 2.72. The Morgan fingerprint density at radius 3 is 2.41 bits per heavy atom. The molecule has 5 aliphatic rings. The number of benzene rings is 1. The SMILES string of the molecule is C[C@H]1[C@H](C)CC[C@]2(C)CC[C@]3(C)C(=CC(=O)[C@@H]4[C@@]5(C)Cc6nccnc6[C@](C)(C(=O)OCc6ccccc6)[C@@H]5CC[C@]43C)[C@H]12. The average Bonchev–Trinajstić information content (AvgIpc) is 2.99. The summed E-state index contributed by atoms with van der Waals surface area (Å²) in [4.78, 5) is 38.8. The van der Waals surface area contributed by atoms with Gasteiger partial charge in [-0.1, -0.05) is 77.4 Å². The number of nitrogens with zero attached hydrogens (tertiary/aromatic N) is 2. The zero-order valence-corrected chi connectivity index (χ0v) is 27.8. The van der Waals surface area contributed by atoms with Crippen molar-refractivity contribution in [3.05, 3.63) is 71.3 Å². The number of fused-ring (bicyclic) bond motifs is 8. The van der Waals surface area contributed by atoms with Crippen LogP contribution in [0.15, 0.2) is 54.4 Å². The lowest BCUT2D eigenvalue weighted by Gasteiger charge is -2.70. The summed E-state index contributed by atoms with van der Waals surface area (Å²) in [6, 6.07) is 9.85. The molecule has 234 valence electrons. The van der Waals surface area contributed by atoms with Gasteiger partial charge in [-0.05, 0) is 109 Å². The van der Waals surface area contributed by atoms with E-state index >= 15 is 0 Å². The number of rotatable bonds is 3. The molecule has 10 atom stereocenters. The van der Waals surface area contributed by atoms with Gasteiger partial charge in [0.25, 0.3) is 0 Å². The second kappa shape index (κ2) is 9.84. The van der Waals surface area contributed by atoms with Crippen LogP contribution >= 0.6 is 0 Å². The number of carbonyl (C=O) groups is 2. The van der Waals surface area contributed by atoms with E-state index in [4.69, 9.17) is 14.7 Å². The summed E-state index contributed by atoms with van der Waals surface area (Å²) in [5.74, 6) is 1.43. The molecule has 0 amide bonds. The molecule has 0 unspecified atom stereocenters. The molecule has 0 N–H and O–H groups in total. The van der Waals surface area contributed by atoms with Gasteiger partial charge in [0, 0.05) is 18.3 Å². The van der Waals surface area contributed by atoms with Crippen molar-refractivity contribution in [2.75, 3.05) is 0 Å². The second-order valence-corrected chi connectivity index (χ2v) is 16.6. The smallest absolute Gasteiger partial charge is 0.318 e. The molecular formula is C39H50N2O3. The lowest BCUT2D eigenvalue weighted by atomic mass is 9.33. The standard InChI is InChI=1S/C39H50N2O3/c1-24-13-15-35(3)17-18-37(5)27(31(35)25(24)2)21-29(42)32-36(4)22-28-33(41-20-19-40-28)39(7,30(36)14-16-38(32,37)6)34(43)44-23-26-11-9-8-10-12-26/h8-12,19-21,24-25,30-32H,13-18,22-23H2,1-7H3/t24-,25+,30-,31+,32-,35-,36+,37-,38-,39-/m1/s1. The Morgan fingerprint density at radius 2 is 1.66 bits per heavy atom. The third kappa shape index (κ3) is 3.83. The minimum Gasteiger partial charge on any atom is -0.460 e. The normalized spacial score (nSPS) is 44.2. The van der Waals surface area contributed by atoms with Gasteiger partial charge in [0.2, 0.25) is 0 Å². The lowest BCUT2D eigenvalue weighted by Crippen LogP contribution is -2.68. The molecule has 0 spiro atoms. The summed E-state index contributed by atoms with van der Waals surface area (Å²) in [6.45, 7) is 16.8. The van der Waals surface area contributed by atoms with Crippen LogP contribution in [0, 0.1) is 51.2 Å². The van der Waals surface area contributed by atoms with Gasteiger partial charge in [-0.3, -0.25) is 19.6 Å². The van der Waals surface area contributed by atoms with Gasteiger partial charge >= 0.3 is 5.97 Å². The maximum atomic E-state index is 14.8. The van der Waals surface area contributed by atoms with Crippen LogP contribution in [0.1, 0.15) is 104 Å². The van der Waals surface area contributed by atoms with Gasteiger partial charge in [0.05, 0.1) is 11.4 Å². The summed E-state index contributed by atoms with van der Waals surface area (Å²) in [5.41, 5.74) is 2.54. The van der Waals surface area contributed by atoms with Gasteiger partial charge in [-0.25, -0.2) is 0 Å². The van der Waals surface area contributed by atoms with Gasteiger partial charge in [0.1, 0.15) is 12.0 Å². The Labute approximate surface area is 263 Å². The molecule has 1 heterocycles. The average molecular weight is 595 g/mol. The Kier molecular flexibility index (Phi) is 6.68. The molecule has 0 radical (unpaired) electrons. The predicted octanol–water partition coefficient (Wildman–Crippen LogP) is 8.07. The minimum absolute atomic E-state index is 0.0537. The number of carbonyl (C=O) groups excluding carboxylic acids is 2. The fourth-order valence-corrected chi connectivity index (χ4v) is 11.8. The van der Waals surface area contributed by atoms with Crippen molar-refractivity contribution in [1.82, 2.24) is 9.97 Å². The largest absolute Gasteiger partial charge is 0.460 e. The molecular weight excluding hydrogens is 544 g/mol. The van der Waals surface area contributed by atoms with Gasteiger partial charge in [-0.15, -0.1) is 0 Å². The van der Waals surface area contributed by atoms with Crippen molar-refractivity contribution >= 4 is 11.8 Å². The molecule has 3 saturated carbocycles. The summed E-state index contributed by atoms with van der Waals surface area (Å²) in [6.07, 6.45) is 12.9. The first-order valence-corrected chi connectivity index (χ1v) is 17.1. The summed E-state index contributed by atoms with van der Waals surface area (Å²) < 4.78 is 6.10. The third-order valence-corrected chi connectivity index (χ3v) is 14.5. The van der Waals surface area contributed by atoms with Crippen LogP contribution in [-0.2, 0) is 32.8 Å². The summed E-state index contributed by atoms with van der Waals surface area (Å²) >= 11 is 0. The van der Waals surface area contributed by atoms with E-state index in [2.05, 4.69) is 47.6 Å². The van der Waals surface area contributed by atoms with Crippen LogP contribution in [0.25, 0.3) is 0 Å². The number of esters is 1. The maximum absolute atomic E-state index is 14.8. The van der Waals surface area contributed by atoms with E-state index in [1.807, 2.05) is 37.3 Å². The number of hydrogen-bond donors (Lipinski definition) is 0. The number of ketones is 1. The molecule has 5 heteroatoms. The first kappa shape index (κ1) is 29.9. The molecule has 1 aromatic heterocycles. The maximum Gasteiger partial charge on any atom is 0.318 e. The van der Waals surface area contributed by atoms with Crippen molar-refractivity contribution in [2.24, 2.45) is 51.2 Å². The molecule has 0 bridgehead atoms. The minimum atomic E-state index is -0.990. The Morgan fingerprint density at radius 1 is 0.932 bits per heavy atom. The zero-order chi connectivity index (χ0) is 31.3. The van der Waals surface area contributed by atoms with E-state index in [-0.39, 0.29) is 46.4 Å². The molecule has 5 nitrogen and oxygen atoms in total. The summed E-state index contributed by atoms with van der Waals surface area (Å²) in [5, 5.41) is 0. The topological polar surface area (TPSA) is 69.2 Å². The first-order chi connectivity index (χ1) is 20.8. The van der Waals surface area contributed by atoms with Crippen molar-refractivity contribution in [1.29, 1.82) is 0 Å². The first-order valence-electron chi connectivity index (χ1n) is 17.1. The molecule has 0 saturated heterocycles. The highest BCUT2D eigenvalue weighted by Crippen LogP contribution is 2.74. The Balaban J connectivity index is 1.33. The Bertz CT molecular complexity index is 1530. The molecule has 1 aromatic carbocycles. The molecule has 0 aliphatic heterocycles. The van der Waals surface area contributed by atoms with Crippen molar-refractivity contribution in [3.8, 4) is 0 Å². The van der Waals surface area contributed by atoms with E-state index in [0.717, 1.165) is 36.2 Å². The molecule has 5 aliphatic carbocycles. The number of aromatic nitrogens is 2. The van der Waals surface area contributed by atoms with Gasteiger partial charge in [-0.2, -0.15) is 0 Å². The Hall–Kier alpha value is -2.82. The van der Waals surface area contributed by atoms with Crippen LogP contribution in [-0.4, -0.2) is 21.7 Å². The van der Waals surface area contributed by atoms with E-state index < -0.39 is 10.8 Å². The predicted molar refractivity (Wildman–Crippen MR) is 171 cm³/mol. The van der Waals surface area contributed by atoms with E-state index in [0.29, 0.717) is 24.2 Å². The van der Waals surface area contributed by atoms with Crippen molar-refractivity contribution < 1.29 is 14.3 Å². The number of ether oxygens (including phenoxy) is 1. The quantitative estimate of drug-likeness (QED) is 0.336. The van der Waals surface area contributed by atoms with Crippen LogP contribution in [0.2, 0.25) is 0 Å². The van der Waals surface area contributed by atoms with Crippen molar-refractivity contribution in [3.63, 3.8) is 0 Å². The van der Waals surface area contributed by atoms with Gasteiger partial charge in [0.15, 0.2) is 5.78 Å². The van der Waals surface area contributed by atoms with Crippen LogP contribution in [0.3, 0.4) is 0 Å². The number of hydrogen-bond acceptors (Lipinski definition) is 5. The van der Waals surface area contributed by atoms with Crippen molar-refractivity contribution in [2.45, 2.75) is 105 Å². The third-order valence-electron chi connectivity index (χ3n) is 14.5. The zero-order valence-electron chi connectivity index (χ0n) is 27.8. The number of allylic oxidation sites excluding steroid dienone is 2. The van der Waals surface area contributed by atoms with E-state index in [1.54, 1.807) is 12.4 Å². The second-order valence-electron chi connectivity index (χ2n) is 16.6. The van der Waals surface area contributed by atoms with Crippen LogP contribution in [0.4, 0.5) is 0 Å². The highest BCUT2D eigenvalue weighted by atomic mass is 16.5. The molecule has 7 rings (SSSR count). The molecule has 3 fully saturated rings. The summed E-state index contributed by atoms with van der Waals surface area (Å²) in [7, 11) is 0. The lowest BCUT2D eigenvalue weighted by molar-refractivity contribution is -0.184. The highest BCUT2D eigenvalue weighted by molar-refractivity contribution is 5.96. The molecule has 44 heavy (non-hydrogen) atoms. The monoisotopic (exact) mass is 594 g/mol. The van der Waals surface area contributed by atoms with E-state index in [9.17, 15) is 9.59 Å². The van der Waals surface area contributed by atoms with Crippen LogP contribution < -0.4 is 0 Å². The fraction of sp³-hybridized carbons (Fsp3) is 0.641. The molecule has 2 aromatic rings. The van der Waals surface area contributed by atoms with Crippen LogP contribution in [0.5, 0.6) is 0 Å². The van der Waals surface area contributed by atoms with Gasteiger partial charge < -0.3 is 4.74 Å². The fourth-order valence-electron chi connectivity index (χ4n) is 11.8.